The zero-order chi connectivity index (χ0) is 17.3. The van der Waals surface area contributed by atoms with Crippen molar-refractivity contribution in [2.45, 2.75) is 45.3 Å². The van der Waals surface area contributed by atoms with Crippen LogP contribution in [0.2, 0.25) is 0 Å². The highest BCUT2D eigenvalue weighted by Gasteiger charge is 2.42. The van der Waals surface area contributed by atoms with Gasteiger partial charge in [-0.1, -0.05) is 0 Å². The fourth-order valence-electron chi connectivity index (χ4n) is 3.51. The fraction of sp³-hybridized carbons (Fsp3) is 0.647. The van der Waals surface area contributed by atoms with E-state index in [1.54, 1.807) is 6.07 Å². The summed E-state index contributed by atoms with van der Waals surface area (Å²) in [5, 5.41) is 8.03. The van der Waals surface area contributed by atoms with Crippen molar-refractivity contribution in [3.05, 3.63) is 17.8 Å². The summed E-state index contributed by atoms with van der Waals surface area (Å²) in [6.45, 7) is 8.08. The van der Waals surface area contributed by atoms with Crippen molar-refractivity contribution >= 4 is 18.2 Å². The average Bonchev–Trinajstić information content (AvgIpc) is 2.96. The number of anilines is 1. The molecule has 3 rings (SSSR count). The summed E-state index contributed by atoms with van der Waals surface area (Å²) in [6, 6.07) is 3.75. The molecule has 24 heavy (non-hydrogen) atoms. The molecule has 2 saturated heterocycles. The molecule has 0 unspecified atom stereocenters. The number of hydrogen-bond acceptors (Lipinski definition) is 6. The third-order valence-electron chi connectivity index (χ3n) is 4.58. The number of hydrogen-bond donors (Lipinski definition) is 0. The standard InChI is InChI=1S/C17H24N4O3/c1-17(2,3)24-16(23)21-9-6-12-10-20(8-7-14(12)21)15-5-4-13(11-22)18-19-15/h4-5,11-12,14H,6-10H2,1-3H3/t12-,14+/m1/s1. The van der Waals surface area contributed by atoms with Gasteiger partial charge in [0, 0.05) is 25.7 Å². The Morgan fingerprint density at radius 2 is 2.04 bits per heavy atom. The van der Waals surface area contributed by atoms with E-state index in [0.29, 0.717) is 17.9 Å². The number of fused-ring (bicyclic) bond motifs is 1. The highest BCUT2D eigenvalue weighted by atomic mass is 16.6. The molecule has 2 aliphatic rings. The van der Waals surface area contributed by atoms with Crippen molar-refractivity contribution in [2.24, 2.45) is 5.92 Å². The van der Waals surface area contributed by atoms with Gasteiger partial charge in [0.05, 0.1) is 0 Å². The number of nitrogens with zero attached hydrogens (tertiary/aromatic N) is 4. The summed E-state index contributed by atoms with van der Waals surface area (Å²) in [7, 11) is 0. The van der Waals surface area contributed by atoms with Crippen molar-refractivity contribution < 1.29 is 14.3 Å². The lowest BCUT2D eigenvalue weighted by atomic mass is 9.93. The van der Waals surface area contributed by atoms with Crippen molar-refractivity contribution in [1.82, 2.24) is 15.1 Å². The molecular formula is C17H24N4O3. The number of carbonyl (C=O) groups is 2. The minimum atomic E-state index is -0.466. The van der Waals surface area contributed by atoms with E-state index in [1.807, 2.05) is 31.7 Å². The fourth-order valence-corrected chi connectivity index (χ4v) is 3.51. The van der Waals surface area contributed by atoms with Crippen LogP contribution in [0.3, 0.4) is 0 Å². The third-order valence-corrected chi connectivity index (χ3v) is 4.58. The van der Waals surface area contributed by atoms with Crippen LogP contribution >= 0.6 is 0 Å². The summed E-state index contributed by atoms with van der Waals surface area (Å²) in [4.78, 5) is 27.1. The van der Waals surface area contributed by atoms with Crippen LogP contribution in [0.5, 0.6) is 0 Å². The SMILES string of the molecule is CC(C)(C)OC(=O)N1CC[C@@H]2CN(c3ccc(C=O)nn3)CC[C@@H]21. The Morgan fingerprint density at radius 3 is 2.67 bits per heavy atom. The molecule has 0 aromatic carbocycles. The monoisotopic (exact) mass is 332 g/mol. The van der Waals surface area contributed by atoms with Crippen LogP contribution < -0.4 is 4.90 Å². The van der Waals surface area contributed by atoms with Crippen LogP contribution in [0, 0.1) is 5.92 Å². The minimum Gasteiger partial charge on any atom is -0.444 e. The lowest BCUT2D eigenvalue weighted by Crippen LogP contribution is -2.49. The van der Waals surface area contributed by atoms with E-state index in [-0.39, 0.29) is 12.1 Å². The highest BCUT2D eigenvalue weighted by Crippen LogP contribution is 2.33. The molecule has 1 aromatic heterocycles. The van der Waals surface area contributed by atoms with Gasteiger partial charge in [-0.2, -0.15) is 0 Å². The van der Waals surface area contributed by atoms with Crippen LogP contribution in [0.15, 0.2) is 12.1 Å². The maximum absolute atomic E-state index is 12.4. The first-order chi connectivity index (χ1) is 11.4. The second kappa shape index (κ2) is 6.37. The number of ether oxygens (including phenoxy) is 1. The molecule has 0 N–H and O–H groups in total. The van der Waals surface area contributed by atoms with Crippen molar-refractivity contribution in [3.8, 4) is 0 Å². The van der Waals surface area contributed by atoms with E-state index in [1.165, 1.54) is 0 Å². The van der Waals surface area contributed by atoms with Gasteiger partial charge < -0.3 is 14.5 Å². The summed E-state index contributed by atoms with van der Waals surface area (Å²) in [5.41, 5.74) is -0.128. The van der Waals surface area contributed by atoms with Crippen LogP contribution in [0.25, 0.3) is 0 Å². The minimum absolute atomic E-state index is 0.210. The van der Waals surface area contributed by atoms with Gasteiger partial charge >= 0.3 is 6.09 Å². The molecular weight excluding hydrogens is 308 g/mol. The largest absolute Gasteiger partial charge is 0.444 e. The van der Waals surface area contributed by atoms with Gasteiger partial charge in [0.1, 0.15) is 11.3 Å². The highest BCUT2D eigenvalue weighted by molar-refractivity contribution is 5.71. The van der Waals surface area contributed by atoms with Crippen molar-refractivity contribution in [2.75, 3.05) is 24.5 Å². The molecule has 0 radical (unpaired) electrons. The molecule has 0 spiro atoms. The second-order valence-electron chi connectivity index (χ2n) is 7.46. The first kappa shape index (κ1) is 16.7. The number of aldehydes is 1. The molecule has 1 aromatic rings. The predicted molar refractivity (Wildman–Crippen MR) is 89.1 cm³/mol. The van der Waals surface area contributed by atoms with Gasteiger partial charge in [-0.05, 0) is 51.7 Å². The van der Waals surface area contributed by atoms with Gasteiger partial charge in [0.25, 0.3) is 0 Å². The van der Waals surface area contributed by atoms with Crippen LogP contribution in [-0.2, 0) is 4.74 Å². The predicted octanol–water partition coefficient (Wildman–Crippen LogP) is 2.12. The Labute approximate surface area is 142 Å². The average molecular weight is 332 g/mol. The number of rotatable bonds is 2. The summed E-state index contributed by atoms with van der Waals surface area (Å²) < 4.78 is 5.53. The van der Waals surface area contributed by atoms with E-state index in [4.69, 9.17) is 4.74 Å². The van der Waals surface area contributed by atoms with Crippen molar-refractivity contribution in [3.63, 3.8) is 0 Å². The molecule has 130 valence electrons. The van der Waals surface area contributed by atoms with Gasteiger partial charge in [-0.25, -0.2) is 4.79 Å². The van der Waals surface area contributed by atoms with Gasteiger partial charge in [-0.3, -0.25) is 4.79 Å². The Bertz CT molecular complexity index is 611. The lowest BCUT2D eigenvalue weighted by molar-refractivity contribution is 0.0194. The third kappa shape index (κ3) is 3.49. The Balaban J connectivity index is 1.64. The van der Waals surface area contributed by atoms with Crippen LogP contribution in [0.4, 0.5) is 10.6 Å². The molecule has 0 aliphatic carbocycles. The Morgan fingerprint density at radius 1 is 1.25 bits per heavy atom. The van der Waals surface area contributed by atoms with Gasteiger partial charge in [0.2, 0.25) is 0 Å². The molecule has 7 heteroatoms. The molecule has 1 amide bonds. The van der Waals surface area contributed by atoms with E-state index < -0.39 is 5.60 Å². The van der Waals surface area contributed by atoms with E-state index in [2.05, 4.69) is 15.1 Å². The van der Waals surface area contributed by atoms with Crippen LogP contribution in [0.1, 0.15) is 44.1 Å². The van der Waals surface area contributed by atoms with E-state index in [0.717, 1.165) is 38.3 Å². The second-order valence-corrected chi connectivity index (χ2v) is 7.46. The molecule has 3 heterocycles. The zero-order valence-corrected chi connectivity index (χ0v) is 14.4. The van der Waals surface area contributed by atoms with Gasteiger partial charge in [-0.15, -0.1) is 10.2 Å². The van der Waals surface area contributed by atoms with E-state index >= 15 is 0 Å². The topological polar surface area (TPSA) is 75.6 Å². The molecule has 2 atom stereocenters. The summed E-state index contributed by atoms with van der Waals surface area (Å²) in [5.74, 6) is 1.20. The number of carbonyl (C=O) groups excluding carboxylic acids is 2. The number of piperidine rings is 1. The first-order valence-corrected chi connectivity index (χ1v) is 8.41. The number of aromatic nitrogens is 2. The van der Waals surface area contributed by atoms with Crippen LogP contribution in [-0.4, -0.2) is 58.8 Å². The van der Waals surface area contributed by atoms with E-state index in [9.17, 15) is 9.59 Å². The van der Waals surface area contributed by atoms with Gasteiger partial charge in [0.15, 0.2) is 12.1 Å². The number of likely N-dealkylation sites (tertiary alicyclic amines) is 1. The summed E-state index contributed by atoms with van der Waals surface area (Å²) in [6.07, 6.45) is 2.35. The maximum Gasteiger partial charge on any atom is 0.410 e. The quantitative estimate of drug-likeness (QED) is 0.772. The molecule has 0 saturated carbocycles. The maximum atomic E-state index is 12.4. The molecule has 2 aliphatic heterocycles. The number of amides is 1. The molecule has 0 bridgehead atoms. The Kier molecular flexibility index (Phi) is 4.43. The molecule has 7 nitrogen and oxygen atoms in total. The smallest absolute Gasteiger partial charge is 0.410 e. The molecule has 2 fully saturated rings. The van der Waals surface area contributed by atoms with Crippen molar-refractivity contribution in [1.29, 1.82) is 0 Å². The summed E-state index contributed by atoms with van der Waals surface area (Å²) >= 11 is 0. The lowest BCUT2D eigenvalue weighted by Gasteiger charge is -2.38. The first-order valence-electron chi connectivity index (χ1n) is 8.41. The zero-order valence-electron chi connectivity index (χ0n) is 14.4. The Hall–Kier alpha value is -2.18. The normalized spacial score (nSPS) is 23.8.